The van der Waals surface area contributed by atoms with Gasteiger partial charge in [-0.2, -0.15) is 5.26 Å². The van der Waals surface area contributed by atoms with Crippen LogP contribution in [-0.2, 0) is 6.54 Å². The minimum absolute atomic E-state index is 0.310. The second-order valence-electron chi connectivity index (χ2n) is 5.09. The average Bonchev–Trinajstić information content (AvgIpc) is 2.40. The van der Waals surface area contributed by atoms with E-state index in [-0.39, 0.29) is 5.54 Å². The lowest BCUT2D eigenvalue weighted by Crippen LogP contribution is -2.46. The molecule has 1 aromatic rings. The number of nitrogens with zero attached hydrogens (tertiary/aromatic N) is 2. The topological polar surface area (TPSA) is 48.7 Å². The molecule has 17 heavy (non-hydrogen) atoms. The quantitative estimate of drug-likeness (QED) is 0.866. The molecule has 0 spiro atoms. The second-order valence-corrected chi connectivity index (χ2v) is 5.09. The minimum Gasteiger partial charge on any atom is -0.295 e. The molecule has 0 radical (unpaired) electrons. The van der Waals surface area contributed by atoms with Crippen LogP contribution in [0.5, 0.6) is 0 Å². The summed E-state index contributed by atoms with van der Waals surface area (Å²) < 4.78 is 0. The molecule has 1 aromatic heterocycles. The van der Waals surface area contributed by atoms with E-state index in [9.17, 15) is 5.26 Å². The average molecular weight is 229 g/mol. The van der Waals surface area contributed by atoms with Gasteiger partial charge in [0.05, 0.1) is 6.07 Å². The highest BCUT2D eigenvalue weighted by molar-refractivity contribution is 5.14. The fraction of sp³-hybridized carbons (Fsp3) is 0.571. The summed E-state index contributed by atoms with van der Waals surface area (Å²) in [5.74, 6) is 0.763. The van der Waals surface area contributed by atoms with E-state index < -0.39 is 0 Å². The first kappa shape index (κ1) is 12.1. The summed E-state index contributed by atoms with van der Waals surface area (Å²) in [6.45, 7) is 3.02. The highest BCUT2D eigenvalue weighted by atomic mass is 15.0. The number of hydrogen-bond donors (Lipinski definition) is 1. The van der Waals surface area contributed by atoms with Crippen LogP contribution in [0.15, 0.2) is 24.5 Å². The Labute approximate surface area is 103 Å². The molecule has 0 saturated heterocycles. The Balaban J connectivity index is 1.95. The first-order valence-corrected chi connectivity index (χ1v) is 6.29. The van der Waals surface area contributed by atoms with E-state index in [1.807, 2.05) is 12.1 Å². The van der Waals surface area contributed by atoms with Crippen LogP contribution in [0, 0.1) is 17.2 Å². The SMILES string of the molecule is CC1CCC(C#N)(NCc2ccncc2)CC1. The van der Waals surface area contributed by atoms with Gasteiger partial charge in [-0.1, -0.05) is 6.92 Å². The number of aromatic nitrogens is 1. The Bertz CT molecular complexity index is 386. The van der Waals surface area contributed by atoms with Crippen molar-refractivity contribution in [2.75, 3.05) is 0 Å². The van der Waals surface area contributed by atoms with E-state index in [0.29, 0.717) is 0 Å². The molecule has 0 unspecified atom stereocenters. The zero-order valence-corrected chi connectivity index (χ0v) is 10.3. The summed E-state index contributed by atoms with van der Waals surface area (Å²) >= 11 is 0. The normalized spacial score (nSPS) is 28.6. The van der Waals surface area contributed by atoms with Crippen molar-refractivity contribution in [1.82, 2.24) is 10.3 Å². The highest BCUT2D eigenvalue weighted by Gasteiger charge is 2.33. The summed E-state index contributed by atoms with van der Waals surface area (Å²) in [5, 5.41) is 12.8. The maximum atomic E-state index is 9.38. The monoisotopic (exact) mass is 229 g/mol. The molecule has 1 aliphatic carbocycles. The molecular weight excluding hydrogens is 210 g/mol. The molecule has 90 valence electrons. The number of hydrogen-bond acceptors (Lipinski definition) is 3. The Hall–Kier alpha value is -1.40. The zero-order valence-electron chi connectivity index (χ0n) is 10.3. The predicted octanol–water partition coefficient (Wildman–Crippen LogP) is 2.64. The first-order valence-electron chi connectivity index (χ1n) is 6.29. The highest BCUT2D eigenvalue weighted by Crippen LogP contribution is 2.31. The molecule has 0 amide bonds. The zero-order chi connectivity index (χ0) is 12.1. The third-order valence-electron chi connectivity index (χ3n) is 3.72. The van der Waals surface area contributed by atoms with Crippen LogP contribution in [0.25, 0.3) is 0 Å². The van der Waals surface area contributed by atoms with Crippen molar-refractivity contribution in [1.29, 1.82) is 5.26 Å². The lowest BCUT2D eigenvalue weighted by Gasteiger charge is -2.34. The molecule has 0 atom stereocenters. The maximum absolute atomic E-state index is 9.38. The van der Waals surface area contributed by atoms with Gasteiger partial charge in [-0.15, -0.1) is 0 Å². The molecule has 1 saturated carbocycles. The summed E-state index contributed by atoms with van der Waals surface area (Å²) in [5.41, 5.74) is 0.878. The Morgan fingerprint density at radius 1 is 1.41 bits per heavy atom. The van der Waals surface area contributed by atoms with Gasteiger partial charge in [0.2, 0.25) is 0 Å². The lowest BCUT2D eigenvalue weighted by molar-refractivity contribution is 0.248. The molecule has 1 heterocycles. The van der Waals surface area contributed by atoms with Crippen LogP contribution in [0.2, 0.25) is 0 Å². The van der Waals surface area contributed by atoms with Gasteiger partial charge in [-0.25, -0.2) is 0 Å². The van der Waals surface area contributed by atoms with Crippen molar-refractivity contribution in [3.8, 4) is 6.07 Å². The molecule has 2 rings (SSSR count). The van der Waals surface area contributed by atoms with Gasteiger partial charge in [0.1, 0.15) is 5.54 Å². The number of nitriles is 1. The molecular formula is C14H19N3. The van der Waals surface area contributed by atoms with E-state index in [4.69, 9.17) is 0 Å². The summed E-state index contributed by atoms with van der Waals surface area (Å²) in [6, 6.07) is 6.46. The largest absolute Gasteiger partial charge is 0.295 e. The summed E-state index contributed by atoms with van der Waals surface area (Å²) in [7, 11) is 0. The van der Waals surface area contributed by atoms with Crippen LogP contribution >= 0.6 is 0 Å². The van der Waals surface area contributed by atoms with E-state index in [0.717, 1.165) is 38.1 Å². The van der Waals surface area contributed by atoms with Crippen molar-refractivity contribution in [2.24, 2.45) is 5.92 Å². The summed E-state index contributed by atoms with van der Waals surface area (Å²) in [4.78, 5) is 3.99. The maximum Gasteiger partial charge on any atom is 0.107 e. The Kier molecular flexibility index (Phi) is 3.75. The molecule has 1 aliphatic rings. The van der Waals surface area contributed by atoms with Gasteiger partial charge in [0.25, 0.3) is 0 Å². The molecule has 3 nitrogen and oxygen atoms in total. The molecule has 3 heteroatoms. The van der Waals surface area contributed by atoms with E-state index in [1.165, 1.54) is 5.56 Å². The van der Waals surface area contributed by atoms with Gasteiger partial charge in [-0.3, -0.25) is 10.3 Å². The van der Waals surface area contributed by atoms with Crippen LogP contribution < -0.4 is 5.32 Å². The van der Waals surface area contributed by atoms with Crippen molar-refractivity contribution in [3.63, 3.8) is 0 Å². The third kappa shape index (κ3) is 3.04. The van der Waals surface area contributed by atoms with Gasteiger partial charge in [-0.05, 0) is 49.3 Å². The predicted molar refractivity (Wildman–Crippen MR) is 67.1 cm³/mol. The van der Waals surface area contributed by atoms with Gasteiger partial charge >= 0.3 is 0 Å². The fourth-order valence-corrected chi connectivity index (χ4v) is 2.35. The smallest absolute Gasteiger partial charge is 0.107 e. The van der Waals surface area contributed by atoms with Crippen LogP contribution in [0.4, 0.5) is 0 Å². The van der Waals surface area contributed by atoms with Crippen molar-refractivity contribution < 1.29 is 0 Å². The molecule has 0 aromatic carbocycles. The molecule has 1 N–H and O–H groups in total. The van der Waals surface area contributed by atoms with Gasteiger partial charge in [0, 0.05) is 18.9 Å². The van der Waals surface area contributed by atoms with Crippen molar-refractivity contribution >= 4 is 0 Å². The molecule has 0 bridgehead atoms. The van der Waals surface area contributed by atoms with Crippen LogP contribution in [-0.4, -0.2) is 10.5 Å². The Morgan fingerprint density at radius 3 is 2.65 bits per heavy atom. The van der Waals surface area contributed by atoms with Crippen LogP contribution in [0.1, 0.15) is 38.2 Å². The lowest BCUT2D eigenvalue weighted by atomic mass is 9.78. The summed E-state index contributed by atoms with van der Waals surface area (Å²) in [6.07, 6.45) is 7.82. The number of nitrogens with one attached hydrogen (secondary N) is 1. The number of pyridine rings is 1. The minimum atomic E-state index is -0.310. The Morgan fingerprint density at radius 2 is 2.06 bits per heavy atom. The van der Waals surface area contributed by atoms with E-state index >= 15 is 0 Å². The third-order valence-corrected chi connectivity index (χ3v) is 3.72. The van der Waals surface area contributed by atoms with Crippen LogP contribution in [0.3, 0.4) is 0 Å². The van der Waals surface area contributed by atoms with E-state index in [1.54, 1.807) is 12.4 Å². The standard InChI is InChI=1S/C14H19N3/c1-12-2-6-14(11-15,7-3-12)17-10-13-4-8-16-9-5-13/h4-5,8-9,12,17H,2-3,6-7,10H2,1H3. The van der Waals surface area contributed by atoms with E-state index in [2.05, 4.69) is 23.3 Å². The molecule has 1 fully saturated rings. The fourth-order valence-electron chi connectivity index (χ4n) is 2.35. The molecule has 0 aliphatic heterocycles. The van der Waals surface area contributed by atoms with Crippen molar-refractivity contribution in [3.05, 3.63) is 30.1 Å². The second kappa shape index (κ2) is 5.29. The first-order chi connectivity index (χ1) is 8.24. The number of rotatable bonds is 3. The van der Waals surface area contributed by atoms with Gasteiger partial charge in [0.15, 0.2) is 0 Å². The van der Waals surface area contributed by atoms with Crippen molar-refractivity contribution in [2.45, 2.75) is 44.7 Å². The van der Waals surface area contributed by atoms with Gasteiger partial charge < -0.3 is 0 Å².